The lowest BCUT2D eigenvalue weighted by atomic mass is 10.1. The topological polar surface area (TPSA) is 107 Å². The molecule has 0 amide bonds. The first-order chi connectivity index (χ1) is 12.6. The lowest BCUT2D eigenvalue weighted by Crippen LogP contribution is -2.36. The molecule has 0 N–H and O–H groups in total. The van der Waals surface area contributed by atoms with Crippen molar-refractivity contribution in [1.82, 2.24) is 0 Å². The molecule has 0 saturated carbocycles. The maximum atomic E-state index is 12.3. The zero-order valence-corrected chi connectivity index (χ0v) is 16.1. The van der Waals surface area contributed by atoms with Gasteiger partial charge in [0.05, 0.1) is 16.9 Å². The molecule has 2 rings (SSSR count). The third-order valence-electron chi connectivity index (χ3n) is 3.63. The predicted molar refractivity (Wildman–Crippen MR) is 101 cm³/mol. The van der Waals surface area contributed by atoms with Gasteiger partial charge in [0.25, 0.3) is 5.69 Å². The number of nitrogens with zero attached hydrogens (tertiary/aromatic N) is 2. The van der Waals surface area contributed by atoms with E-state index in [0.717, 1.165) is 10.6 Å². The van der Waals surface area contributed by atoms with E-state index in [0.29, 0.717) is 10.6 Å². The van der Waals surface area contributed by atoms with Crippen molar-refractivity contribution in [1.29, 1.82) is 0 Å². The van der Waals surface area contributed by atoms with Crippen LogP contribution in [0.1, 0.15) is 18.6 Å². The van der Waals surface area contributed by atoms with Crippen LogP contribution in [0.3, 0.4) is 0 Å². The van der Waals surface area contributed by atoms with Gasteiger partial charge in [-0.15, -0.1) is 0 Å². The van der Waals surface area contributed by atoms with E-state index in [1.165, 1.54) is 30.3 Å². The van der Waals surface area contributed by atoms with Crippen LogP contribution < -0.4 is 4.31 Å². The van der Waals surface area contributed by atoms with Crippen molar-refractivity contribution >= 4 is 39.0 Å². The molecule has 0 aromatic heterocycles. The molecule has 2 aromatic rings. The van der Waals surface area contributed by atoms with Crippen molar-refractivity contribution in [2.45, 2.75) is 13.0 Å². The third kappa shape index (κ3) is 5.66. The van der Waals surface area contributed by atoms with E-state index in [4.69, 9.17) is 16.3 Å². The molecule has 144 valence electrons. The Bertz CT molecular complexity index is 963. The largest absolute Gasteiger partial charge is 0.456 e. The Hall–Kier alpha value is -2.65. The molecular formula is C17H17ClN2O6S. The third-order valence-corrected chi connectivity index (χ3v) is 5.00. The lowest BCUT2D eigenvalue weighted by molar-refractivity contribution is -0.385. The molecule has 0 aliphatic heterocycles. The first-order valence-electron chi connectivity index (χ1n) is 7.75. The first-order valence-corrected chi connectivity index (χ1v) is 9.97. The Labute approximate surface area is 161 Å². The number of rotatable bonds is 7. The van der Waals surface area contributed by atoms with Gasteiger partial charge in [-0.1, -0.05) is 29.8 Å². The second-order valence-corrected chi connectivity index (χ2v) is 8.08. The molecule has 0 saturated heterocycles. The fraction of sp³-hybridized carbons (Fsp3) is 0.235. The fourth-order valence-corrected chi connectivity index (χ4v) is 3.36. The summed E-state index contributed by atoms with van der Waals surface area (Å²) in [6.45, 7) is 0.986. The number of carbonyl (C=O) groups is 1. The molecule has 0 fully saturated rings. The highest BCUT2D eigenvalue weighted by Gasteiger charge is 2.23. The fourth-order valence-electron chi connectivity index (χ4n) is 2.34. The van der Waals surface area contributed by atoms with Crippen LogP contribution in [-0.2, 0) is 19.6 Å². The maximum absolute atomic E-state index is 12.3. The van der Waals surface area contributed by atoms with Gasteiger partial charge in [-0.2, -0.15) is 0 Å². The predicted octanol–water partition coefficient (Wildman–Crippen LogP) is 3.32. The summed E-state index contributed by atoms with van der Waals surface area (Å²) in [6.07, 6.45) is 0.170. The van der Waals surface area contributed by atoms with Gasteiger partial charge in [-0.25, -0.2) is 8.42 Å². The van der Waals surface area contributed by atoms with Crippen LogP contribution in [0.4, 0.5) is 11.4 Å². The first kappa shape index (κ1) is 20.7. The molecule has 0 aliphatic rings. The van der Waals surface area contributed by atoms with Crippen molar-refractivity contribution in [3.63, 3.8) is 0 Å². The molecule has 10 heteroatoms. The number of sulfonamides is 1. The number of nitro benzene ring substituents is 1. The minimum atomic E-state index is -3.76. The van der Waals surface area contributed by atoms with Crippen molar-refractivity contribution in [3.8, 4) is 0 Å². The number of non-ortho nitro benzene ring substituents is 1. The number of hydrogen-bond donors (Lipinski definition) is 0. The van der Waals surface area contributed by atoms with Crippen molar-refractivity contribution in [3.05, 3.63) is 69.2 Å². The van der Waals surface area contributed by atoms with Crippen molar-refractivity contribution < 1.29 is 22.9 Å². The molecular weight excluding hydrogens is 396 g/mol. The van der Waals surface area contributed by atoms with Crippen LogP contribution in [0, 0.1) is 10.1 Å². The number of anilines is 1. The molecule has 0 unspecified atom stereocenters. The minimum Gasteiger partial charge on any atom is -0.456 e. The van der Waals surface area contributed by atoms with E-state index in [-0.39, 0.29) is 11.4 Å². The van der Waals surface area contributed by atoms with Crippen molar-refractivity contribution in [2.75, 3.05) is 17.1 Å². The molecule has 27 heavy (non-hydrogen) atoms. The van der Waals surface area contributed by atoms with Crippen LogP contribution in [-0.4, -0.2) is 32.1 Å². The van der Waals surface area contributed by atoms with Gasteiger partial charge >= 0.3 is 5.97 Å². The molecule has 0 aliphatic carbocycles. The molecule has 2 aromatic carbocycles. The zero-order chi connectivity index (χ0) is 20.2. The van der Waals surface area contributed by atoms with E-state index >= 15 is 0 Å². The Morgan fingerprint density at radius 1 is 1.26 bits per heavy atom. The van der Waals surface area contributed by atoms with E-state index in [1.54, 1.807) is 25.1 Å². The number of nitro groups is 1. The number of carbonyl (C=O) groups excluding carboxylic acids is 1. The second-order valence-electron chi connectivity index (χ2n) is 5.73. The van der Waals surface area contributed by atoms with E-state index in [2.05, 4.69) is 0 Å². The standard InChI is InChI=1S/C17H17ClN2O6S/c1-12(13-5-3-8-16(9-13)20(22)23)26-17(21)11-19(27(2,24)25)15-7-4-6-14(18)10-15/h3-10,12H,11H2,1-2H3/t12-/m1/s1. The van der Waals surface area contributed by atoms with Crippen molar-refractivity contribution in [2.24, 2.45) is 0 Å². The second kappa shape index (κ2) is 8.36. The SMILES string of the molecule is C[C@@H](OC(=O)CN(c1cccc(Cl)c1)S(C)(=O)=O)c1cccc([N+](=O)[O-])c1. The molecule has 0 spiro atoms. The maximum Gasteiger partial charge on any atom is 0.327 e. The summed E-state index contributed by atoms with van der Waals surface area (Å²) in [4.78, 5) is 22.6. The van der Waals surface area contributed by atoms with Gasteiger partial charge < -0.3 is 4.74 Å². The highest BCUT2D eigenvalue weighted by molar-refractivity contribution is 7.92. The lowest BCUT2D eigenvalue weighted by Gasteiger charge is -2.23. The highest BCUT2D eigenvalue weighted by Crippen LogP contribution is 2.24. The monoisotopic (exact) mass is 412 g/mol. The Balaban J connectivity index is 2.16. The van der Waals surface area contributed by atoms with Gasteiger partial charge in [0, 0.05) is 17.2 Å². The molecule has 0 bridgehead atoms. The summed E-state index contributed by atoms with van der Waals surface area (Å²) >= 11 is 5.89. The van der Waals surface area contributed by atoms with Gasteiger partial charge in [0.1, 0.15) is 12.6 Å². The summed E-state index contributed by atoms with van der Waals surface area (Å²) in [5.74, 6) is -0.806. The van der Waals surface area contributed by atoms with Crippen LogP contribution in [0.15, 0.2) is 48.5 Å². The number of halogens is 1. The molecule has 0 radical (unpaired) electrons. The summed E-state index contributed by atoms with van der Waals surface area (Å²) in [5.41, 5.74) is 0.517. The van der Waals surface area contributed by atoms with Gasteiger partial charge in [0.15, 0.2) is 0 Å². The number of esters is 1. The van der Waals surface area contributed by atoms with E-state index in [1.807, 2.05) is 0 Å². The average molecular weight is 413 g/mol. The highest BCUT2D eigenvalue weighted by atomic mass is 35.5. The summed E-state index contributed by atoms with van der Waals surface area (Å²) in [5, 5.41) is 11.2. The number of hydrogen-bond acceptors (Lipinski definition) is 6. The smallest absolute Gasteiger partial charge is 0.327 e. The summed E-state index contributed by atoms with van der Waals surface area (Å²) in [7, 11) is -3.76. The quantitative estimate of drug-likeness (QED) is 0.392. The van der Waals surface area contributed by atoms with Gasteiger partial charge in [-0.3, -0.25) is 19.2 Å². The average Bonchev–Trinajstić information content (AvgIpc) is 2.58. The molecule has 1 atom stereocenters. The molecule has 8 nitrogen and oxygen atoms in total. The molecule has 0 heterocycles. The van der Waals surface area contributed by atoms with Gasteiger partial charge in [0.2, 0.25) is 10.0 Å². The normalized spacial score (nSPS) is 12.3. The van der Waals surface area contributed by atoms with E-state index in [9.17, 15) is 23.3 Å². The minimum absolute atomic E-state index is 0.132. The Morgan fingerprint density at radius 3 is 2.52 bits per heavy atom. The Kier molecular flexibility index (Phi) is 6.40. The summed E-state index contributed by atoms with van der Waals surface area (Å²) < 4.78 is 30.2. The number of ether oxygens (including phenoxy) is 1. The van der Waals surface area contributed by atoms with Crippen LogP contribution in [0.25, 0.3) is 0 Å². The van der Waals surface area contributed by atoms with Crippen LogP contribution in [0.5, 0.6) is 0 Å². The zero-order valence-electron chi connectivity index (χ0n) is 14.5. The Morgan fingerprint density at radius 2 is 1.93 bits per heavy atom. The summed E-state index contributed by atoms with van der Waals surface area (Å²) in [6, 6.07) is 11.7. The van der Waals surface area contributed by atoms with Crippen LogP contribution in [0.2, 0.25) is 5.02 Å². The van der Waals surface area contributed by atoms with Gasteiger partial charge in [-0.05, 0) is 30.7 Å². The van der Waals surface area contributed by atoms with E-state index < -0.39 is 33.6 Å². The van der Waals surface area contributed by atoms with Crippen LogP contribution >= 0.6 is 11.6 Å². The number of benzene rings is 2.